The molecule has 3 heteroatoms. The van der Waals surface area contributed by atoms with Crippen molar-refractivity contribution < 1.29 is 4.74 Å². The van der Waals surface area contributed by atoms with Crippen LogP contribution in [0.15, 0.2) is 0 Å². The van der Waals surface area contributed by atoms with Gasteiger partial charge in [-0.15, -0.1) is 0 Å². The highest BCUT2D eigenvalue weighted by Crippen LogP contribution is 2.23. The van der Waals surface area contributed by atoms with Crippen molar-refractivity contribution in [3.8, 4) is 0 Å². The summed E-state index contributed by atoms with van der Waals surface area (Å²) < 4.78 is 5.53. The first-order valence-corrected chi connectivity index (χ1v) is 6.92. The largest absolute Gasteiger partial charge is 0.379 e. The molecule has 102 valence electrons. The highest BCUT2D eigenvalue weighted by molar-refractivity contribution is 4.82. The zero-order valence-electron chi connectivity index (χ0n) is 12.3. The molecule has 1 N–H and O–H groups in total. The predicted octanol–water partition coefficient (Wildman–Crippen LogP) is 2.12. The fraction of sp³-hybridized carbons (Fsp3) is 1.00. The maximum Gasteiger partial charge on any atom is 0.0637 e. The summed E-state index contributed by atoms with van der Waals surface area (Å²) >= 11 is 0. The summed E-state index contributed by atoms with van der Waals surface area (Å²) in [6.07, 6.45) is 3.82. The van der Waals surface area contributed by atoms with Crippen molar-refractivity contribution in [3.63, 3.8) is 0 Å². The lowest BCUT2D eigenvalue weighted by molar-refractivity contribution is -0.0117. The van der Waals surface area contributed by atoms with Crippen molar-refractivity contribution in [2.75, 3.05) is 33.8 Å². The number of rotatable bonds is 6. The summed E-state index contributed by atoms with van der Waals surface area (Å²) in [7, 11) is 3.86. The summed E-state index contributed by atoms with van der Waals surface area (Å²) in [5, 5.41) is 3.30. The van der Waals surface area contributed by atoms with Gasteiger partial charge in [-0.05, 0) is 66.1 Å². The Morgan fingerprint density at radius 2 is 2.18 bits per heavy atom. The highest BCUT2D eigenvalue weighted by atomic mass is 16.5. The van der Waals surface area contributed by atoms with Crippen molar-refractivity contribution in [1.29, 1.82) is 0 Å². The molecule has 0 aliphatic carbocycles. The van der Waals surface area contributed by atoms with Crippen LogP contribution >= 0.6 is 0 Å². The topological polar surface area (TPSA) is 24.5 Å². The Labute approximate surface area is 107 Å². The maximum absolute atomic E-state index is 5.53. The van der Waals surface area contributed by atoms with Gasteiger partial charge in [-0.2, -0.15) is 0 Å². The molecule has 0 amide bonds. The molecule has 1 aliphatic heterocycles. The summed E-state index contributed by atoms with van der Waals surface area (Å²) in [6, 6.07) is 0.615. The summed E-state index contributed by atoms with van der Waals surface area (Å²) in [4.78, 5) is 2.63. The molecule has 1 heterocycles. The lowest BCUT2D eigenvalue weighted by Gasteiger charge is -2.39. The zero-order valence-corrected chi connectivity index (χ0v) is 12.3. The van der Waals surface area contributed by atoms with E-state index in [1.54, 1.807) is 0 Å². The average molecular weight is 242 g/mol. The number of nitrogens with one attached hydrogen (secondary N) is 1. The monoisotopic (exact) mass is 242 g/mol. The summed E-state index contributed by atoms with van der Waals surface area (Å²) in [5.41, 5.74) is -0.00460. The van der Waals surface area contributed by atoms with Crippen molar-refractivity contribution in [1.82, 2.24) is 10.2 Å². The van der Waals surface area contributed by atoms with Gasteiger partial charge in [0.1, 0.15) is 0 Å². The number of hydrogen-bond donors (Lipinski definition) is 1. The Morgan fingerprint density at radius 3 is 2.76 bits per heavy atom. The molecule has 0 saturated carbocycles. The summed E-state index contributed by atoms with van der Waals surface area (Å²) in [6.45, 7) is 10.3. The Balaban J connectivity index is 2.43. The minimum absolute atomic E-state index is 0.00460. The third-order valence-electron chi connectivity index (χ3n) is 4.01. The van der Waals surface area contributed by atoms with E-state index in [-0.39, 0.29) is 5.60 Å². The number of piperidine rings is 1. The average Bonchev–Trinajstić information content (AvgIpc) is 2.29. The molecule has 17 heavy (non-hydrogen) atoms. The van der Waals surface area contributed by atoms with Crippen LogP contribution in [0.4, 0.5) is 0 Å². The standard InChI is InChI=1S/C14H30N2O/c1-12(9-14(2,3)17-5)16-8-6-7-13(11-16)10-15-4/h12-13,15H,6-11H2,1-5H3. The van der Waals surface area contributed by atoms with Crippen LogP contribution in [0.3, 0.4) is 0 Å². The second kappa shape index (κ2) is 6.72. The lowest BCUT2D eigenvalue weighted by atomic mass is 9.93. The fourth-order valence-electron chi connectivity index (χ4n) is 2.88. The van der Waals surface area contributed by atoms with Gasteiger partial charge in [-0.25, -0.2) is 0 Å². The van der Waals surface area contributed by atoms with Crippen LogP contribution in [0, 0.1) is 5.92 Å². The van der Waals surface area contributed by atoms with Gasteiger partial charge in [-0.3, -0.25) is 0 Å². The second-order valence-corrected chi connectivity index (χ2v) is 6.08. The molecule has 2 atom stereocenters. The Kier molecular flexibility index (Phi) is 5.90. The Hall–Kier alpha value is -0.120. The van der Waals surface area contributed by atoms with Crippen molar-refractivity contribution in [3.05, 3.63) is 0 Å². The molecule has 1 aliphatic rings. The molecule has 0 radical (unpaired) electrons. The summed E-state index contributed by atoms with van der Waals surface area (Å²) in [5.74, 6) is 0.821. The normalized spacial score (nSPS) is 24.9. The second-order valence-electron chi connectivity index (χ2n) is 6.08. The molecular weight excluding hydrogens is 212 g/mol. The fourth-order valence-corrected chi connectivity index (χ4v) is 2.88. The third-order valence-corrected chi connectivity index (χ3v) is 4.01. The molecule has 2 unspecified atom stereocenters. The van der Waals surface area contributed by atoms with E-state index in [1.165, 1.54) is 25.9 Å². The van der Waals surface area contributed by atoms with E-state index in [4.69, 9.17) is 4.74 Å². The van der Waals surface area contributed by atoms with Gasteiger partial charge in [0.05, 0.1) is 5.60 Å². The van der Waals surface area contributed by atoms with Gasteiger partial charge in [-0.1, -0.05) is 0 Å². The van der Waals surface area contributed by atoms with Gasteiger partial charge in [0.2, 0.25) is 0 Å². The molecule has 0 aromatic heterocycles. The first-order valence-electron chi connectivity index (χ1n) is 6.92. The van der Waals surface area contributed by atoms with E-state index in [1.807, 2.05) is 7.11 Å². The quantitative estimate of drug-likeness (QED) is 0.772. The molecule has 0 aromatic carbocycles. The van der Waals surface area contributed by atoms with Gasteiger partial charge in [0.15, 0.2) is 0 Å². The molecule has 0 bridgehead atoms. The lowest BCUT2D eigenvalue weighted by Crippen LogP contribution is -2.46. The molecule has 1 rings (SSSR count). The first-order chi connectivity index (χ1) is 7.98. The van der Waals surface area contributed by atoms with E-state index in [0.717, 1.165) is 18.9 Å². The molecule has 0 spiro atoms. The zero-order chi connectivity index (χ0) is 12.9. The van der Waals surface area contributed by atoms with Crippen LogP contribution in [0.25, 0.3) is 0 Å². The van der Waals surface area contributed by atoms with E-state index in [9.17, 15) is 0 Å². The smallest absolute Gasteiger partial charge is 0.0637 e. The van der Waals surface area contributed by atoms with E-state index >= 15 is 0 Å². The number of nitrogens with zero attached hydrogens (tertiary/aromatic N) is 1. The predicted molar refractivity (Wildman–Crippen MR) is 73.4 cm³/mol. The van der Waals surface area contributed by atoms with Crippen LogP contribution in [-0.4, -0.2) is 50.3 Å². The highest BCUT2D eigenvalue weighted by Gasteiger charge is 2.27. The molecule has 1 fully saturated rings. The van der Waals surface area contributed by atoms with E-state index in [0.29, 0.717) is 6.04 Å². The van der Waals surface area contributed by atoms with Crippen LogP contribution in [0.5, 0.6) is 0 Å². The Morgan fingerprint density at radius 1 is 1.47 bits per heavy atom. The van der Waals surface area contributed by atoms with Gasteiger partial charge < -0.3 is 15.0 Å². The number of ether oxygens (including phenoxy) is 1. The molecular formula is C14H30N2O. The van der Waals surface area contributed by atoms with E-state index in [2.05, 4.69) is 38.0 Å². The van der Waals surface area contributed by atoms with Crippen molar-refractivity contribution in [2.45, 2.75) is 51.7 Å². The van der Waals surface area contributed by atoms with Crippen LogP contribution in [-0.2, 0) is 4.74 Å². The van der Waals surface area contributed by atoms with Crippen molar-refractivity contribution >= 4 is 0 Å². The SMILES string of the molecule is CNCC1CCCN(C(C)CC(C)(C)OC)C1. The minimum atomic E-state index is -0.00460. The third kappa shape index (κ3) is 4.94. The number of methoxy groups -OCH3 is 1. The van der Waals surface area contributed by atoms with Gasteiger partial charge in [0, 0.05) is 19.7 Å². The van der Waals surface area contributed by atoms with Gasteiger partial charge >= 0.3 is 0 Å². The maximum atomic E-state index is 5.53. The van der Waals surface area contributed by atoms with Crippen molar-refractivity contribution in [2.24, 2.45) is 5.92 Å². The molecule has 0 aromatic rings. The van der Waals surface area contributed by atoms with E-state index < -0.39 is 0 Å². The molecule has 3 nitrogen and oxygen atoms in total. The first kappa shape index (κ1) is 14.9. The van der Waals surface area contributed by atoms with Crippen LogP contribution in [0.1, 0.15) is 40.0 Å². The van der Waals surface area contributed by atoms with Crippen LogP contribution < -0.4 is 5.32 Å². The van der Waals surface area contributed by atoms with Crippen LogP contribution in [0.2, 0.25) is 0 Å². The molecule has 1 saturated heterocycles. The Bertz CT molecular complexity index is 216. The van der Waals surface area contributed by atoms with Gasteiger partial charge in [0.25, 0.3) is 0 Å². The number of likely N-dealkylation sites (tertiary alicyclic amines) is 1. The minimum Gasteiger partial charge on any atom is -0.379 e. The number of hydrogen-bond acceptors (Lipinski definition) is 3.